The Kier molecular flexibility index (Phi) is 5.45. The largest absolute Gasteiger partial charge is 0.352 e. The van der Waals surface area contributed by atoms with Crippen LogP contribution in [0.2, 0.25) is 0 Å². The van der Waals surface area contributed by atoms with Crippen molar-refractivity contribution in [3.63, 3.8) is 0 Å². The van der Waals surface area contributed by atoms with E-state index in [0.29, 0.717) is 11.2 Å². The van der Waals surface area contributed by atoms with Crippen LogP contribution in [0.15, 0.2) is 41.7 Å². The molecule has 1 heterocycles. The lowest BCUT2D eigenvalue weighted by Crippen LogP contribution is -2.40. The van der Waals surface area contributed by atoms with Crippen molar-refractivity contribution in [1.82, 2.24) is 15.0 Å². The van der Waals surface area contributed by atoms with Crippen LogP contribution in [0.5, 0.6) is 0 Å². The van der Waals surface area contributed by atoms with Crippen molar-refractivity contribution < 1.29 is 4.79 Å². The molecule has 0 spiro atoms. The fourth-order valence-electron chi connectivity index (χ4n) is 2.99. The van der Waals surface area contributed by atoms with Gasteiger partial charge in [-0.1, -0.05) is 61.4 Å². The van der Waals surface area contributed by atoms with E-state index in [-0.39, 0.29) is 11.2 Å². The number of hydrogen-bond acceptors (Lipinski definition) is 4. The van der Waals surface area contributed by atoms with Gasteiger partial charge in [0.1, 0.15) is 0 Å². The molecular weight excluding hydrogens is 320 g/mol. The number of thioether (sulfide) groups is 1. The summed E-state index contributed by atoms with van der Waals surface area (Å²) in [5.41, 5.74) is 1.84. The van der Waals surface area contributed by atoms with E-state index < -0.39 is 0 Å². The number of aromatic nitrogens is 2. The average molecular weight is 344 g/mol. The molecule has 1 amide bonds. The van der Waals surface area contributed by atoms with E-state index in [1.165, 1.54) is 35.7 Å². The summed E-state index contributed by atoms with van der Waals surface area (Å²) in [5, 5.41) is 3.59. The summed E-state index contributed by atoms with van der Waals surface area (Å²) in [6.07, 6.45) is 7.67. The molecule has 0 saturated heterocycles. The van der Waals surface area contributed by atoms with Gasteiger partial charge in [-0.15, -0.1) is 0 Å². The standard InChI is InChI=1S/C18H24N4OS/c1-13(17(23)20-15-10-6-3-7-11-15)24-18-21-16(12-22(18)19)14-8-4-2-5-9-14/h2,4-5,8-9,12-13,15H,3,6-7,10-11,19H2,1H3,(H,20,23)/t13-/m1/s1. The lowest BCUT2D eigenvalue weighted by molar-refractivity contribution is -0.121. The number of carbonyl (C=O) groups is 1. The van der Waals surface area contributed by atoms with Gasteiger partial charge in [-0.3, -0.25) is 4.79 Å². The van der Waals surface area contributed by atoms with Gasteiger partial charge in [-0.25, -0.2) is 9.66 Å². The smallest absolute Gasteiger partial charge is 0.233 e. The van der Waals surface area contributed by atoms with Crippen molar-refractivity contribution >= 4 is 17.7 Å². The van der Waals surface area contributed by atoms with Crippen LogP contribution in [0.1, 0.15) is 39.0 Å². The number of amides is 1. The van der Waals surface area contributed by atoms with Crippen molar-refractivity contribution in [2.75, 3.05) is 5.84 Å². The quantitative estimate of drug-likeness (QED) is 0.645. The Bertz CT molecular complexity index is 680. The maximum absolute atomic E-state index is 12.4. The minimum absolute atomic E-state index is 0.0659. The summed E-state index contributed by atoms with van der Waals surface area (Å²) >= 11 is 1.40. The first kappa shape index (κ1) is 16.9. The molecule has 1 fully saturated rings. The van der Waals surface area contributed by atoms with Crippen LogP contribution in [0.3, 0.4) is 0 Å². The molecule has 1 aliphatic carbocycles. The molecule has 0 radical (unpaired) electrons. The summed E-state index contributed by atoms with van der Waals surface area (Å²) < 4.78 is 1.50. The molecule has 5 nitrogen and oxygen atoms in total. The van der Waals surface area contributed by atoms with E-state index in [4.69, 9.17) is 5.84 Å². The number of nitrogens with one attached hydrogen (secondary N) is 1. The van der Waals surface area contributed by atoms with Crippen LogP contribution in [-0.2, 0) is 4.79 Å². The highest BCUT2D eigenvalue weighted by atomic mass is 32.2. The second-order valence-corrected chi connectivity index (χ2v) is 7.59. The first-order valence-corrected chi connectivity index (χ1v) is 9.38. The molecular formula is C18H24N4OS. The van der Waals surface area contributed by atoms with E-state index in [9.17, 15) is 4.79 Å². The normalized spacial score (nSPS) is 16.7. The van der Waals surface area contributed by atoms with Gasteiger partial charge in [-0.2, -0.15) is 0 Å². The molecule has 1 aromatic carbocycles. The zero-order valence-corrected chi connectivity index (χ0v) is 14.8. The van der Waals surface area contributed by atoms with Gasteiger partial charge in [0.15, 0.2) is 5.16 Å². The van der Waals surface area contributed by atoms with Gasteiger partial charge < -0.3 is 11.2 Å². The molecule has 3 rings (SSSR count). The van der Waals surface area contributed by atoms with Crippen LogP contribution in [-0.4, -0.2) is 26.9 Å². The summed E-state index contributed by atoms with van der Waals surface area (Å²) in [5.74, 6) is 6.08. The third kappa shape index (κ3) is 4.12. The zero-order valence-electron chi connectivity index (χ0n) is 13.9. The SMILES string of the molecule is C[C@@H](Sc1nc(-c2ccccc2)cn1N)C(=O)NC1CCCCC1. The van der Waals surface area contributed by atoms with Crippen molar-refractivity contribution in [3.8, 4) is 11.3 Å². The molecule has 6 heteroatoms. The van der Waals surface area contributed by atoms with E-state index in [1.54, 1.807) is 6.20 Å². The number of hydrogen-bond donors (Lipinski definition) is 2. The second-order valence-electron chi connectivity index (χ2n) is 6.29. The van der Waals surface area contributed by atoms with E-state index in [1.807, 2.05) is 37.3 Å². The van der Waals surface area contributed by atoms with E-state index >= 15 is 0 Å². The van der Waals surface area contributed by atoms with Crippen LogP contribution in [0.25, 0.3) is 11.3 Å². The topological polar surface area (TPSA) is 72.9 Å². The number of nitrogens with zero attached hydrogens (tertiary/aromatic N) is 2. The van der Waals surface area contributed by atoms with E-state index in [2.05, 4.69) is 10.3 Å². The Labute approximate surface area is 147 Å². The summed E-state index contributed by atoms with van der Waals surface area (Å²) in [7, 11) is 0. The minimum atomic E-state index is -0.222. The maximum Gasteiger partial charge on any atom is 0.233 e. The third-order valence-corrected chi connectivity index (χ3v) is 5.45. The van der Waals surface area contributed by atoms with Crippen molar-refractivity contribution in [2.45, 2.75) is 55.5 Å². The monoisotopic (exact) mass is 344 g/mol. The first-order chi connectivity index (χ1) is 11.6. The van der Waals surface area contributed by atoms with Gasteiger partial charge in [0, 0.05) is 11.6 Å². The lowest BCUT2D eigenvalue weighted by Gasteiger charge is -2.24. The van der Waals surface area contributed by atoms with Crippen LogP contribution >= 0.6 is 11.8 Å². The molecule has 3 N–H and O–H groups in total. The van der Waals surface area contributed by atoms with E-state index in [0.717, 1.165) is 24.1 Å². The molecule has 24 heavy (non-hydrogen) atoms. The molecule has 128 valence electrons. The summed E-state index contributed by atoms with van der Waals surface area (Å²) in [6, 6.07) is 10.2. The second kappa shape index (κ2) is 7.75. The molecule has 1 atom stereocenters. The Morgan fingerprint density at radius 1 is 1.29 bits per heavy atom. The molecule has 0 aliphatic heterocycles. The van der Waals surface area contributed by atoms with Gasteiger partial charge >= 0.3 is 0 Å². The minimum Gasteiger partial charge on any atom is -0.352 e. The summed E-state index contributed by atoms with van der Waals surface area (Å²) in [4.78, 5) is 17.0. The third-order valence-electron chi connectivity index (χ3n) is 4.37. The molecule has 1 saturated carbocycles. The highest BCUT2D eigenvalue weighted by molar-refractivity contribution is 8.00. The number of nitrogens with two attached hydrogens (primary N) is 1. The molecule has 2 aromatic rings. The number of rotatable bonds is 5. The molecule has 1 aromatic heterocycles. The van der Waals surface area contributed by atoms with Crippen LogP contribution in [0, 0.1) is 0 Å². The van der Waals surface area contributed by atoms with Gasteiger partial charge in [0.05, 0.1) is 17.1 Å². The van der Waals surface area contributed by atoms with Crippen molar-refractivity contribution in [2.24, 2.45) is 0 Å². The number of imidazole rings is 1. The van der Waals surface area contributed by atoms with Crippen LogP contribution in [0.4, 0.5) is 0 Å². The molecule has 1 aliphatic rings. The Morgan fingerprint density at radius 3 is 2.71 bits per heavy atom. The highest BCUT2D eigenvalue weighted by Gasteiger charge is 2.22. The predicted octanol–water partition coefficient (Wildman–Crippen LogP) is 3.19. The lowest BCUT2D eigenvalue weighted by atomic mass is 9.95. The number of benzene rings is 1. The Balaban J connectivity index is 1.62. The average Bonchev–Trinajstić information content (AvgIpc) is 2.97. The first-order valence-electron chi connectivity index (χ1n) is 8.50. The molecule has 0 unspecified atom stereocenters. The van der Waals surface area contributed by atoms with Gasteiger partial charge in [0.25, 0.3) is 0 Å². The van der Waals surface area contributed by atoms with Gasteiger partial charge in [0.2, 0.25) is 5.91 Å². The summed E-state index contributed by atoms with van der Waals surface area (Å²) in [6.45, 7) is 1.90. The Hall–Kier alpha value is -1.95. The highest BCUT2D eigenvalue weighted by Crippen LogP contribution is 2.26. The molecule has 0 bridgehead atoms. The number of nitrogen functional groups attached to an aromatic ring is 1. The Morgan fingerprint density at radius 2 is 2.00 bits per heavy atom. The van der Waals surface area contributed by atoms with Crippen LogP contribution < -0.4 is 11.2 Å². The van der Waals surface area contributed by atoms with Crippen molar-refractivity contribution in [3.05, 3.63) is 36.5 Å². The zero-order chi connectivity index (χ0) is 16.9. The van der Waals surface area contributed by atoms with Gasteiger partial charge in [-0.05, 0) is 19.8 Å². The number of carbonyl (C=O) groups excluding carboxylic acids is 1. The fraction of sp³-hybridized carbons (Fsp3) is 0.444. The predicted molar refractivity (Wildman–Crippen MR) is 98.1 cm³/mol. The fourth-order valence-corrected chi connectivity index (χ4v) is 3.81. The maximum atomic E-state index is 12.4. The van der Waals surface area contributed by atoms with Crippen molar-refractivity contribution in [1.29, 1.82) is 0 Å².